The van der Waals surface area contributed by atoms with Crippen molar-refractivity contribution in [2.75, 3.05) is 6.61 Å². The number of halogens is 2. The average Bonchev–Trinajstić information content (AvgIpc) is 2.83. The first-order valence-electron chi connectivity index (χ1n) is 6.36. The quantitative estimate of drug-likeness (QED) is 0.458. The van der Waals surface area contributed by atoms with E-state index in [9.17, 15) is 0 Å². The van der Waals surface area contributed by atoms with E-state index in [2.05, 4.69) is 50.0 Å². The molecular formula is C15H23Cl2OSiZr-. The van der Waals surface area contributed by atoms with Gasteiger partial charge >= 0.3 is 0 Å². The molecule has 2 aliphatic rings. The Labute approximate surface area is 155 Å². The molecule has 0 aromatic rings. The molecule has 0 N–H and O–H groups in total. The van der Waals surface area contributed by atoms with E-state index >= 15 is 0 Å². The van der Waals surface area contributed by atoms with Gasteiger partial charge in [-0.25, -0.2) is 0 Å². The van der Waals surface area contributed by atoms with Crippen LogP contribution in [-0.4, -0.2) is 14.9 Å². The van der Waals surface area contributed by atoms with Crippen LogP contribution in [0.25, 0.3) is 0 Å². The van der Waals surface area contributed by atoms with E-state index in [0.29, 0.717) is 0 Å². The standard InChI is InChI=1S/C15H21OSi.2ClH.Zr/c1-17(2,3)16-11-10-13-8-9-15(12-13)14-6-4-5-7-14;;;/h4,6,8,12H,5,9-11H2,1-3H3;2*1H;/q-1;;;. The second kappa shape index (κ2) is 10.3. The zero-order chi connectivity index (χ0) is 12.3. The Bertz CT molecular complexity index is 420. The van der Waals surface area contributed by atoms with Gasteiger partial charge in [-0.2, -0.15) is 17.7 Å². The topological polar surface area (TPSA) is 9.23 Å². The molecule has 1 nitrogen and oxygen atoms in total. The molecule has 0 saturated carbocycles. The van der Waals surface area contributed by atoms with Crippen molar-refractivity contribution in [3.8, 4) is 0 Å². The summed E-state index contributed by atoms with van der Waals surface area (Å²) < 4.78 is 5.88. The fraction of sp³-hybridized carbons (Fsp3) is 0.467. The predicted octanol–water partition coefficient (Wildman–Crippen LogP) is 5.02. The van der Waals surface area contributed by atoms with Crippen LogP contribution in [0.4, 0.5) is 0 Å². The minimum absolute atomic E-state index is 0. The van der Waals surface area contributed by atoms with Crippen molar-refractivity contribution >= 4 is 33.1 Å². The van der Waals surface area contributed by atoms with Gasteiger partial charge in [0.05, 0.1) is 0 Å². The van der Waals surface area contributed by atoms with Gasteiger partial charge in [-0.1, -0.05) is 24.5 Å². The summed E-state index contributed by atoms with van der Waals surface area (Å²) in [6.45, 7) is 7.57. The van der Waals surface area contributed by atoms with Crippen molar-refractivity contribution in [1.82, 2.24) is 0 Å². The van der Waals surface area contributed by atoms with Crippen LogP contribution in [0.5, 0.6) is 0 Å². The fourth-order valence-corrected chi connectivity index (χ4v) is 2.76. The number of hydrogen-bond acceptors (Lipinski definition) is 1. The third-order valence-corrected chi connectivity index (χ3v) is 3.98. The predicted molar refractivity (Wildman–Crippen MR) is 89.7 cm³/mol. The van der Waals surface area contributed by atoms with Crippen molar-refractivity contribution < 1.29 is 30.6 Å². The van der Waals surface area contributed by atoms with Gasteiger partial charge in [0.15, 0.2) is 8.32 Å². The first-order valence-corrected chi connectivity index (χ1v) is 9.77. The molecule has 0 spiro atoms. The van der Waals surface area contributed by atoms with E-state index in [0.717, 1.165) is 25.9 Å². The Morgan fingerprint density at radius 1 is 1.25 bits per heavy atom. The minimum atomic E-state index is -1.35. The maximum absolute atomic E-state index is 5.88. The minimum Gasteiger partial charge on any atom is -0.417 e. The number of allylic oxidation sites excluding steroid dienone is 7. The van der Waals surface area contributed by atoms with Crippen LogP contribution in [0.15, 0.2) is 41.0 Å². The SMILES string of the molecule is C[Si](C)(C)OCCC1=CCC(C2=[C-]CC=C2)=C1.Cl.Cl.[Zr]. The van der Waals surface area contributed by atoms with Gasteiger partial charge in [0.2, 0.25) is 0 Å². The Hall–Kier alpha value is 0.600. The summed E-state index contributed by atoms with van der Waals surface area (Å²) in [4.78, 5) is 0. The largest absolute Gasteiger partial charge is 0.417 e. The van der Waals surface area contributed by atoms with E-state index in [1.165, 1.54) is 16.7 Å². The van der Waals surface area contributed by atoms with Gasteiger partial charge in [-0.05, 0) is 26.1 Å². The van der Waals surface area contributed by atoms with Crippen LogP contribution in [0.2, 0.25) is 19.6 Å². The molecule has 2 aliphatic carbocycles. The van der Waals surface area contributed by atoms with Crippen LogP contribution >= 0.6 is 24.8 Å². The van der Waals surface area contributed by atoms with Gasteiger partial charge in [0.25, 0.3) is 0 Å². The molecule has 0 aromatic carbocycles. The summed E-state index contributed by atoms with van der Waals surface area (Å²) >= 11 is 0. The summed E-state index contributed by atoms with van der Waals surface area (Å²) in [5, 5.41) is 0. The molecule has 0 aromatic heterocycles. The van der Waals surface area contributed by atoms with Crippen molar-refractivity contribution in [2.45, 2.75) is 38.9 Å². The zero-order valence-electron chi connectivity index (χ0n) is 12.4. The molecule has 0 amide bonds. The monoisotopic (exact) mass is 407 g/mol. The molecule has 0 bridgehead atoms. The summed E-state index contributed by atoms with van der Waals surface area (Å²) in [6, 6.07) is 0. The first-order chi connectivity index (χ1) is 8.04. The Morgan fingerprint density at radius 2 is 1.95 bits per heavy atom. The molecule has 0 unspecified atom stereocenters. The molecular weight excluding hydrogens is 386 g/mol. The summed E-state index contributed by atoms with van der Waals surface area (Å²) in [7, 11) is -1.35. The molecule has 0 radical (unpaired) electrons. The van der Waals surface area contributed by atoms with Crippen LogP contribution in [0.1, 0.15) is 19.3 Å². The van der Waals surface area contributed by atoms with Crippen molar-refractivity contribution in [1.29, 1.82) is 0 Å². The summed E-state index contributed by atoms with van der Waals surface area (Å²) in [5.74, 6) is 0. The van der Waals surface area contributed by atoms with E-state index < -0.39 is 8.32 Å². The number of hydrogen-bond donors (Lipinski definition) is 0. The average molecular weight is 410 g/mol. The maximum Gasteiger partial charge on any atom is 0.183 e. The van der Waals surface area contributed by atoms with E-state index in [4.69, 9.17) is 4.43 Å². The van der Waals surface area contributed by atoms with Gasteiger partial charge in [0, 0.05) is 32.8 Å². The zero-order valence-corrected chi connectivity index (χ0v) is 17.5. The third kappa shape index (κ3) is 7.56. The fourth-order valence-electron chi connectivity index (χ4n) is 2.04. The van der Waals surface area contributed by atoms with E-state index in [1.807, 2.05) is 0 Å². The second-order valence-electron chi connectivity index (χ2n) is 5.56. The van der Waals surface area contributed by atoms with Crippen molar-refractivity contribution in [3.63, 3.8) is 0 Å². The van der Waals surface area contributed by atoms with Crippen LogP contribution in [-0.2, 0) is 30.6 Å². The van der Waals surface area contributed by atoms with E-state index in [-0.39, 0.29) is 51.0 Å². The molecule has 0 aliphatic heterocycles. The third-order valence-electron chi connectivity index (χ3n) is 2.91. The van der Waals surface area contributed by atoms with Crippen LogP contribution < -0.4 is 0 Å². The van der Waals surface area contributed by atoms with Crippen molar-refractivity contribution in [3.05, 3.63) is 47.1 Å². The molecule has 5 heteroatoms. The van der Waals surface area contributed by atoms with Crippen LogP contribution in [0, 0.1) is 6.08 Å². The van der Waals surface area contributed by atoms with Crippen molar-refractivity contribution in [2.24, 2.45) is 0 Å². The maximum atomic E-state index is 5.88. The second-order valence-corrected chi connectivity index (χ2v) is 10.1. The van der Waals surface area contributed by atoms with Crippen LogP contribution in [0.3, 0.4) is 0 Å². The van der Waals surface area contributed by atoms with Gasteiger partial charge in [0.1, 0.15) is 0 Å². The normalized spacial score (nSPS) is 16.4. The smallest absolute Gasteiger partial charge is 0.183 e. The Kier molecular flexibility index (Phi) is 11.8. The summed E-state index contributed by atoms with van der Waals surface area (Å²) in [6.07, 6.45) is 15.4. The summed E-state index contributed by atoms with van der Waals surface area (Å²) in [5.41, 5.74) is 4.14. The molecule has 0 fully saturated rings. The Morgan fingerprint density at radius 3 is 2.50 bits per heavy atom. The Balaban J connectivity index is 0. The molecule has 0 atom stereocenters. The van der Waals surface area contributed by atoms with E-state index in [1.54, 1.807) is 0 Å². The molecule has 20 heavy (non-hydrogen) atoms. The first kappa shape index (κ1) is 22.9. The van der Waals surface area contributed by atoms with Gasteiger partial charge in [-0.3, -0.25) is 0 Å². The van der Waals surface area contributed by atoms with Gasteiger partial charge < -0.3 is 4.43 Å². The number of rotatable bonds is 5. The molecule has 2 rings (SSSR count). The molecule has 112 valence electrons. The molecule has 0 saturated heterocycles. The van der Waals surface area contributed by atoms with Gasteiger partial charge in [-0.15, -0.1) is 42.5 Å². The molecule has 0 heterocycles.